The van der Waals surface area contributed by atoms with Gasteiger partial charge in [-0.25, -0.2) is 12.7 Å². The molecular formula is C19H24N2O4S. The lowest BCUT2D eigenvalue weighted by Gasteiger charge is -2.17. The van der Waals surface area contributed by atoms with Gasteiger partial charge in [0.05, 0.1) is 12.0 Å². The van der Waals surface area contributed by atoms with Crippen molar-refractivity contribution in [2.45, 2.75) is 24.3 Å². The zero-order valence-corrected chi connectivity index (χ0v) is 15.8. The minimum absolute atomic E-state index is 0.124. The fourth-order valence-electron chi connectivity index (χ4n) is 2.49. The van der Waals surface area contributed by atoms with Crippen LogP contribution < -0.4 is 10.1 Å². The lowest BCUT2D eigenvalue weighted by Crippen LogP contribution is -2.29. The largest absolute Gasteiger partial charge is 0.496 e. The number of ether oxygens (including phenoxy) is 1. The number of carbonyl (C=O) groups is 1. The molecule has 2 aromatic rings. The molecule has 0 spiro atoms. The first-order valence-corrected chi connectivity index (χ1v) is 9.79. The van der Waals surface area contributed by atoms with Crippen molar-refractivity contribution >= 4 is 15.9 Å². The van der Waals surface area contributed by atoms with Gasteiger partial charge < -0.3 is 10.1 Å². The van der Waals surface area contributed by atoms with Gasteiger partial charge in [0.25, 0.3) is 0 Å². The van der Waals surface area contributed by atoms with E-state index in [9.17, 15) is 13.2 Å². The first kappa shape index (κ1) is 19.9. The molecule has 0 bridgehead atoms. The Morgan fingerprint density at radius 2 is 1.73 bits per heavy atom. The van der Waals surface area contributed by atoms with Crippen LogP contribution in [0.2, 0.25) is 0 Å². The Balaban J connectivity index is 1.79. The van der Waals surface area contributed by atoms with E-state index in [0.29, 0.717) is 13.0 Å². The van der Waals surface area contributed by atoms with Gasteiger partial charge in [-0.1, -0.05) is 36.4 Å². The van der Waals surface area contributed by atoms with Gasteiger partial charge in [-0.2, -0.15) is 0 Å². The Morgan fingerprint density at radius 1 is 1.08 bits per heavy atom. The summed E-state index contributed by atoms with van der Waals surface area (Å²) in [4.78, 5) is 12.3. The maximum Gasteiger partial charge on any atom is 0.242 e. The van der Waals surface area contributed by atoms with Gasteiger partial charge in [-0.05, 0) is 24.6 Å². The minimum atomic E-state index is -3.52. The third kappa shape index (κ3) is 5.31. The Bertz CT molecular complexity index is 822. The highest BCUT2D eigenvalue weighted by Crippen LogP contribution is 2.17. The van der Waals surface area contributed by atoms with Crippen LogP contribution in [0.25, 0.3) is 0 Å². The number of benzene rings is 2. The fraction of sp³-hybridized carbons (Fsp3) is 0.316. The molecule has 7 heteroatoms. The van der Waals surface area contributed by atoms with Crippen molar-refractivity contribution in [1.82, 2.24) is 9.62 Å². The van der Waals surface area contributed by atoms with Crippen molar-refractivity contribution in [2.75, 3.05) is 20.7 Å². The molecule has 0 aliphatic rings. The second-order valence-corrected chi connectivity index (χ2v) is 7.88. The van der Waals surface area contributed by atoms with Crippen molar-refractivity contribution in [3.8, 4) is 5.75 Å². The molecular weight excluding hydrogens is 352 g/mol. The number of nitrogens with zero attached hydrogens (tertiary/aromatic N) is 1. The van der Waals surface area contributed by atoms with Gasteiger partial charge in [0, 0.05) is 32.1 Å². The molecule has 0 saturated heterocycles. The first-order valence-electron chi connectivity index (χ1n) is 8.35. The molecule has 0 saturated carbocycles. The summed E-state index contributed by atoms with van der Waals surface area (Å²) in [5.74, 6) is 0.600. The van der Waals surface area contributed by atoms with Crippen molar-refractivity contribution < 1.29 is 17.9 Å². The van der Waals surface area contributed by atoms with Gasteiger partial charge in [-0.3, -0.25) is 4.79 Å². The van der Waals surface area contributed by atoms with E-state index in [1.807, 2.05) is 24.3 Å². The number of amides is 1. The van der Waals surface area contributed by atoms with E-state index in [0.717, 1.165) is 11.3 Å². The molecule has 1 N–H and O–H groups in total. The van der Waals surface area contributed by atoms with Crippen LogP contribution in [0.4, 0.5) is 0 Å². The van der Waals surface area contributed by atoms with E-state index >= 15 is 0 Å². The molecule has 26 heavy (non-hydrogen) atoms. The molecule has 1 amide bonds. The Morgan fingerprint density at radius 3 is 2.42 bits per heavy atom. The van der Waals surface area contributed by atoms with Crippen molar-refractivity contribution in [3.05, 3.63) is 60.2 Å². The number of hydrogen-bond donors (Lipinski definition) is 1. The summed E-state index contributed by atoms with van der Waals surface area (Å²) in [7, 11) is -0.406. The van der Waals surface area contributed by atoms with Gasteiger partial charge in [-0.15, -0.1) is 0 Å². The van der Waals surface area contributed by atoms with Gasteiger partial charge in [0.15, 0.2) is 0 Å². The van der Waals surface area contributed by atoms with Gasteiger partial charge in [0.2, 0.25) is 15.9 Å². The summed E-state index contributed by atoms with van der Waals surface area (Å²) in [5.41, 5.74) is 0.895. The molecule has 0 aliphatic carbocycles. The summed E-state index contributed by atoms with van der Waals surface area (Å²) in [6.45, 7) is 0.653. The van der Waals surface area contributed by atoms with Gasteiger partial charge >= 0.3 is 0 Å². The van der Waals surface area contributed by atoms with Crippen LogP contribution in [0.15, 0.2) is 59.5 Å². The Hall–Kier alpha value is -2.38. The highest BCUT2D eigenvalue weighted by atomic mass is 32.2. The van der Waals surface area contributed by atoms with Crippen LogP contribution in [0.3, 0.4) is 0 Å². The Kier molecular flexibility index (Phi) is 7.17. The Labute approximate surface area is 154 Å². The lowest BCUT2D eigenvalue weighted by molar-refractivity contribution is -0.121. The molecule has 6 nitrogen and oxygen atoms in total. The maximum atomic E-state index is 12.4. The molecule has 0 radical (unpaired) electrons. The number of methoxy groups -OCH3 is 1. The van der Waals surface area contributed by atoms with Crippen LogP contribution in [0.1, 0.15) is 18.4 Å². The monoisotopic (exact) mass is 376 g/mol. The summed E-state index contributed by atoms with van der Waals surface area (Å²) < 4.78 is 31.3. The summed E-state index contributed by atoms with van der Waals surface area (Å²) >= 11 is 0. The summed E-state index contributed by atoms with van der Waals surface area (Å²) in [6, 6.07) is 15.7. The lowest BCUT2D eigenvalue weighted by atomic mass is 10.2. The van der Waals surface area contributed by atoms with E-state index in [-0.39, 0.29) is 23.8 Å². The standard InChI is InChI=1S/C19H24N2O4S/c1-21(26(23,24)17-10-4-3-5-11-17)14-8-13-19(22)20-15-16-9-6-7-12-18(16)25-2/h3-7,9-12H,8,13-15H2,1-2H3,(H,20,22). The molecule has 0 atom stereocenters. The second-order valence-electron chi connectivity index (χ2n) is 5.83. The zero-order chi connectivity index (χ0) is 19.0. The number of rotatable bonds is 9. The molecule has 0 fully saturated rings. The smallest absolute Gasteiger partial charge is 0.242 e. The van der Waals surface area contributed by atoms with E-state index < -0.39 is 10.0 Å². The van der Waals surface area contributed by atoms with Crippen LogP contribution >= 0.6 is 0 Å². The number of sulfonamides is 1. The molecule has 2 aromatic carbocycles. The van der Waals surface area contributed by atoms with E-state index in [2.05, 4.69) is 5.32 Å². The van der Waals surface area contributed by atoms with E-state index in [1.165, 1.54) is 11.4 Å². The average Bonchev–Trinajstić information content (AvgIpc) is 2.67. The number of nitrogens with one attached hydrogen (secondary N) is 1. The zero-order valence-electron chi connectivity index (χ0n) is 15.0. The normalized spacial score (nSPS) is 11.3. The van der Waals surface area contributed by atoms with Crippen molar-refractivity contribution in [1.29, 1.82) is 0 Å². The van der Waals surface area contributed by atoms with Crippen molar-refractivity contribution in [2.24, 2.45) is 0 Å². The molecule has 0 aromatic heterocycles. The van der Waals surface area contributed by atoms with E-state index in [4.69, 9.17) is 4.74 Å². The van der Waals surface area contributed by atoms with E-state index in [1.54, 1.807) is 37.4 Å². The molecule has 140 valence electrons. The summed E-state index contributed by atoms with van der Waals surface area (Å²) in [5, 5.41) is 2.83. The maximum absolute atomic E-state index is 12.4. The predicted octanol–water partition coefficient (Wildman–Crippen LogP) is 2.41. The number of carbonyl (C=O) groups excluding carboxylic acids is 1. The number of hydrogen-bond acceptors (Lipinski definition) is 4. The SMILES string of the molecule is COc1ccccc1CNC(=O)CCCN(C)S(=O)(=O)c1ccccc1. The third-order valence-corrected chi connectivity index (χ3v) is 5.87. The molecule has 0 unspecified atom stereocenters. The van der Waals surface area contributed by atoms with Crippen LogP contribution in [0.5, 0.6) is 5.75 Å². The highest BCUT2D eigenvalue weighted by molar-refractivity contribution is 7.89. The predicted molar refractivity (Wildman–Crippen MR) is 100 cm³/mol. The van der Waals surface area contributed by atoms with Crippen molar-refractivity contribution in [3.63, 3.8) is 0 Å². The summed E-state index contributed by atoms with van der Waals surface area (Å²) in [6.07, 6.45) is 0.699. The average molecular weight is 376 g/mol. The molecule has 0 heterocycles. The first-order chi connectivity index (χ1) is 12.4. The third-order valence-electron chi connectivity index (χ3n) is 4.00. The van der Waals surface area contributed by atoms with Crippen LogP contribution in [-0.4, -0.2) is 39.3 Å². The topological polar surface area (TPSA) is 75.7 Å². The van der Waals surface area contributed by atoms with Gasteiger partial charge in [0.1, 0.15) is 5.75 Å². The molecule has 2 rings (SSSR count). The van der Waals surface area contributed by atoms with Crippen LogP contribution in [-0.2, 0) is 21.4 Å². The number of para-hydroxylation sites is 1. The highest BCUT2D eigenvalue weighted by Gasteiger charge is 2.20. The van der Waals surface area contributed by atoms with Crippen LogP contribution in [0, 0.1) is 0 Å². The quantitative estimate of drug-likeness (QED) is 0.729. The second kappa shape index (κ2) is 9.35. The minimum Gasteiger partial charge on any atom is -0.496 e. The fourth-order valence-corrected chi connectivity index (χ4v) is 3.72. The molecule has 0 aliphatic heterocycles.